The SMILES string of the molecule is CCC(N)(CC)C(=O)N1CCc2sccc2C1. The molecule has 0 saturated heterocycles. The van der Waals surface area contributed by atoms with E-state index in [0.29, 0.717) is 12.8 Å². The van der Waals surface area contributed by atoms with Gasteiger partial charge in [-0.1, -0.05) is 13.8 Å². The fourth-order valence-electron chi connectivity index (χ4n) is 2.29. The molecule has 1 aliphatic rings. The Kier molecular flexibility index (Phi) is 3.54. The number of hydrogen-bond acceptors (Lipinski definition) is 3. The van der Waals surface area contributed by atoms with Crippen LogP contribution in [0.5, 0.6) is 0 Å². The number of nitrogens with zero attached hydrogens (tertiary/aromatic N) is 1. The molecule has 4 heteroatoms. The molecule has 0 spiro atoms. The van der Waals surface area contributed by atoms with Gasteiger partial charge >= 0.3 is 0 Å². The van der Waals surface area contributed by atoms with Crippen molar-refractivity contribution >= 4 is 17.2 Å². The molecule has 2 N–H and O–H groups in total. The molecule has 0 bridgehead atoms. The summed E-state index contributed by atoms with van der Waals surface area (Å²) in [6, 6.07) is 2.12. The maximum Gasteiger partial charge on any atom is 0.242 e. The van der Waals surface area contributed by atoms with Gasteiger partial charge in [0.1, 0.15) is 0 Å². The van der Waals surface area contributed by atoms with E-state index in [1.165, 1.54) is 10.4 Å². The molecule has 1 aliphatic heterocycles. The van der Waals surface area contributed by atoms with E-state index in [-0.39, 0.29) is 5.91 Å². The van der Waals surface area contributed by atoms with E-state index in [1.807, 2.05) is 18.7 Å². The van der Waals surface area contributed by atoms with Gasteiger partial charge in [-0.25, -0.2) is 0 Å². The first-order valence-corrected chi connectivity index (χ1v) is 7.12. The van der Waals surface area contributed by atoms with Crippen LogP contribution in [-0.2, 0) is 17.8 Å². The van der Waals surface area contributed by atoms with Crippen molar-refractivity contribution in [2.75, 3.05) is 6.54 Å². The van der Waals surface area contributed by atoms with Crippen molar-refractivity contribution in [2.24, 2.45) is 5.73 Å². The second-order valence-electron chi connectivity index (χ2n) is 4.71. The van der Waals surface area contributed by atoms with Crippen molar-refractivity contribution in [2.45, 2.75) is 45.2 Å². The summed E-state index contributed by atoms with van der Waals surface area (Å²) in [6.45, 7) is 5.52. The first-order valence-electron chi connectivity index (χ1n) is 6.24. The highest BCUT2D eigenvalue weighted by Gasteiger charge is 2.35. The third kappa shape index (κ3) is 2.24. The fraction of sp³-hybridized carbons (Fsp3) is 0.615. The van der Waals surface area contributed by atoms with Gasteiger partial charge in [-0.3, -0.25) is 4.79 Å². The monoisotopic (exact) mass is 252 g/mol. The van der Waals surface area contributed by atoms with Gasteiger partial charge < -0.3 is 10.6 Å². The summed E-state index contributed by atoms with van der Waals surface area (Å²) < 4.78 is 0. The molecule has 2 heterocycles. The maximum atomic E-state index is 12.4. The lowest BCUT2D eigenvalue weighted by molar-refractivity contribution is -0.138. The molecule has 17 heavy (non-hydrogen) atoms. The Hall–Kier alpha value is -0.870. The Morgan fingerprint density at radius 3 is 2.88 bits per heavy atom. The van der Waals surface area contributed by atoms with Crippen LogP contribution >= 0.6 is 11.3 Å². The van der Waals surface area contributed by atoms with E-state index in [1.54, 1.807) is 11.3 Å². The Morgan fingerprint density at radius 1 is 1.53 bits per heavy atom. The van der Waals surface area contributed by atoms with Gasteiger partial charge in [-0.2, -0.15) is 0 Å². The third-order valence-electron chi connectivity index (χ3n) is 3.78. The van der Waals surface area contributed by atoms with Crippen LogP contribution in [0.2, 0.25) is 0 Å². The Bertz CT molecular complexity index is 409. The average Bonchev–Trinajstić information content (AvgIpc) is 2.84. The van der Waals surface area contributed by atoms with Crippen molar-refractivity contribution in [3.63, 3.8) is 0 Å². The lowest BCUT2D eigenvalue weighted by Crippen LogP contribution is -2.55. The number of fused-ring (bicyclic) bond motifs is 1. The molecular weight excluding hydrogens is 232 g/mol. The summed E-state index contributed by atoms with van der Waals surface area (Å²) in [4.78, 5) is 15.8. The molecule has 3 nitrogen and oxygen atoms in total. The summed E-state index contributed by atoms with van der Waals surface area (Å²) in [5, 5.41) is 2.11. The van der Waals surface area contributed by atoms with Gasteiger partial charge in [0.15, 0.2) is 0 Å². The number of carbonyl (C=O) groups excluding carboxylic acids is 1. The minimum atomic E-state index is -0.673. The number of hydrogen-bond donors (Lipinski definition) is 1. The van der Waals surface area contributed by atoms with E-state index in [0.717, 1.165) is 19.5 Å². The van der Waals surface area contributed by atoms with Crippen molar-refractivity contribution in [1.29, 1.82) is 0 Å². The number of nitrogens with two attached hydrogens (primary N) is 1. The first kappa shape index (κ1) is 12.6. The number of carbonyl (C=O) groups is 1. The highest BCUT2D eigenvalue weighted by atomic mass is 32.1. The molecule has 0 aromatic carbocycles. The van der Waals surface area contributed by atoms with Gasteiger partial charge in [-0.15, -0.1) is 11.3 Å². The number of rotatable bonds is 3. The second kappa shape index (κ2) is 4.78. The van der Waals surface area contributed by atoms with Crippen LogP contribution in [0.4, 0.5) is 0 Å². The molecular formula is C13H20N2OS. The number of thiophene rings is 1. The topological polar surface area (TPSA) is 46.3 Å². The zero-order valence-electron chi connectivity index (χ0n) is 10.5. The molecule has 1 aromatic rings. The second-order valence-corrected chi connectivity index (χ2v) is 5.71. The van der Waals surface area contributed by atoms with Gasteiger partial charge in [0.2, 0.25) is 5.91 Å². The molecule has 94 valence electrons. The van der Waals surface area contributed by atoms with Gasteiger partial charge in [0, 0.05) is 18.0 Å². The van der Waals surface area contributed by atoms with Crippen LogP contribution in [0.25, 0.3) is 0 Å². The zero-order valence-corrected chi connectivity index (χ0v) is 11.3. The van der Waals surface area contributed by atoms with E-state index >= 15 is 0 Å². The molecule has 2 rings (SSSR count). The van der Waals surface area contributed by atoms with Crippen molar-refractivity contribution in [3.05, 3.63) is 21.9 Å². The Morgan fingerprint density at radius 2 is 2.24 bits per heavy atom. The highest BCUT2D eigenvalue weighted by molar-refractivity contribution is 7.10. The standard InChI is InChI=1S/C13H20N2OS/c1-3-13(14,4-2)12(16)15-7-5-11-10(9-15)6-8-17-11/h6,8H,3-5,7,9,14H2,1-2H3. The third-order valence-corrected chi connectivity index (χ3v) is 4.81. The van der Waals surface area contributed by atoms with E-state index in [4.69, 9.17) is 5.73 Å². The van der Waals surface area contributed by atoms with Crippen LogP contribution in [0.3, 0.4) is 0 Å². The van der Waals surface area contributed by atoms with E-state index in [9.17, 15) is 4.79 Å². The molecule has 0 atom stereocenters. The molecule has 0 radical (unpaired) electrons. The molecule has 1 aromatic heterocycles. The normalized spacial score (nSPS) is 15.8. The van der Waals surface area contributed by atoms with Crippen molar-refractivity contribution in [3.8, 4) is 0 Å². The smallest absolute Gasteiger partial charge is 0.242 e. The summed E-state index contributed by atoms with van der Waals surface area (Å²) in [5.41, 5.74) is 6.80. The highest BCUT2D eigenvalue weighted by Crippen LogP contribution is 2.26. The van der Waals surface area contributed by atoms with Crippen LogP contribution in [0.15, 0.2) is 11.4 Å². The van der Waals surface area contributed by atoms with E-state index < -0.39 is 5.54 Å². The molecule has 0 unspecified atom stereocenters. The average molecular weight is 252 g/mol. The summed E-state index contributed by atoms with van der Waals surface area (Å²) in [5.74, 6) is 0.111. The molecule has 0 aliphatic carbocycles. The largest absolute Gasteiger partial charge is 0.336 e. The van der Waals surface area contributed by atoms with Crippen LogP contribution in [-0.4, -0.2) is 22.9 Å². The summed E-state index contributed by atoms with van der Waals surface area (Å²) in [6.07, 6.45) is 2.38. The molecule has 0 saturated carbocycles. The molecule has 0 fully saturated rings. The van der Waals surface area contributed by atoms with Crippen molar-refractivity contribution in [1.82, 2.24) is 4.90 Å². The van der Waals surface area contributed by atoms with Gasteiger partial charge in [-0.05, 0) is 36.3 Å². The van der Waals surface area contributed by atoms with Crippen molar-refractivity contribution < 1.29 is 4.79 Å². The Labute approximate surface area is 107 Å². The predicted molar refractivity (Wildman–Crippen MR) is 70.9 cm³/mol. The predicted octanol–water partition coefficient (Wildman–Crippen LogP) is 2.15. The van der Waals surface area contributed by atoms with Crippen LogP contribution in [0, 0.1) is 0 Å². The molecule has 1 amide bonds. The Balaban J connectivity index is 2.13. The fourth-order valence-corrected chi connectivity index (χ4v) is 3.18. The minimum Gasteiger partial charge on any atom is -0.336 e. The van der Waals surface area contributed by atoms with E-state index in [2.05, 4.69) is 11.4 Å². The lowest BCUT2D eigenvalue weighted by atomic mass is 9.91. The lowest BCUT2D eigenvalue weighted by Gasteiger charge is -2.35. The maximum absolute atomic E-state index is 12.4. The number of amides is 1. The summed E-state index contributed by atoms with van der Waals surface area (Å²) in [7, 11) is 0. The quantitative estimate of drug-likeness (QED) is 0.896. The van der Waals surface area contributed by atoms with Crippen LogP contribution < -0.4 is 5.73 Å². The van der Waals surface area contributed by atoms with Crippen LogP contribution in [0.1, 0.15) is 37.1 Å². The summed E-state index contributed by atoms with van der Waals surface area (Å²) >= 11 is 1.79. The van der Waals surface area contributed by atoms with Gasteiger partial charge in [0.25, 0.3) is 0 Å². The minimum absolute atomic E-state index is 0.111. The first-order chi connectivity index (χ1) is 8.10. The van der Waals surface area contributed by atoms with Gasteiger partial charge in [0.05, 0.1) is 5.54 Å². The zero-order chi connectivity index (χ0) is 12.5.